The Morgan fingerprint density at radius 3 is 2.68 bits per heavy atom. The molecule has 1 aliphatic rings. The van der Waals surface area contributed by atoms with Crippen LogP contribution in [0.4, 0.5) is 5.69 Å². The Kier molecular flexibility index (Phi) is 5.20. The summed E-state index contributed by atoms with van der Waals surface area (Å²) in [6.45, 7) is 3.22. The van der Waals surface area contributed by atoms with Crippen molar-refractivity contribution in [3.63, 3.8) is 0 Å². The molecule has 4 rings (SSSR count). The van der Waals surface area contributed by atoms with Crippen molar-refractivity contribution in [3.05, 3.63) is 86.1 Å². The summed E-state index contributed by atoms with van der Waals surface area (Å²) >= 11 is 7.63. The van der Waals surface area contributed by atoms with E-state index < -0.39 is 0 Å². The molecule has 0 saturated carbocycles. The van der Waals surface area contributed by atoms with Gasteiger partial charge in [-0.2, -0.15) is 0 Å². The second-order valence-electron chi connectivity index (χ2n) is 6.78. The molecule has 0 aliphatic carbocycles. The molecule has 0 radical (unpaired) electrons. The quantitative estimate of drug-likeness (QED) is 0.648. The van der Waals surface area contributed by atoms with Crippen molar-refractivity contribution in [3.8, 4) is 0 Å². The predicted molar refractivity (Wildman–Crippen MR) is 113 cm³/mol. The molecule has 0 bridgehead atoms. The number of nitrogens with one attached hydrogen (secondary N) is 1. The lowest BCUT2D eigenvalue weighted by Crippen LogP contribution is -2.35. The number of hydrogen-bond acceptors (Lipinski definition) is 3. The van der Waals surface area contributed by atoms with Crippen molar-refractivity contribution in [1.82, 2.24) is 4.90 Å². The Morgan fingerprint density at radius 2 is 1.89 bits per heavy atom. The third-order valence-corrected chi connectivity index (χ3v) is 6.29. The largest absolute Gasteiger partial charge is 0.334 e. The third kappa shape index (κ3) is 3.68. The van der Waals surface area contributed by atoms with Crippen LogP contribution in [-0.2, 0) is 13.0 Å². The van der Waals surface area contributed by atoms with Crippen molar-refractivity contribution >= 4 is 40.4 Å². The van der Waals surface area contributed by atoms with Gasteiger partial charge < -0.3 is 10.2 Å². The van der Waals surface area contributed by atoms with Gasteiger partial charge in [-0.1, -0.05) is 17.7 Å². The van der Waals surface area contributed by atoms with Gasteiger partial charge in [-0.25, -0.2) is 0 Å². The average Bonchev–Trinajstić information content (AvgIpc) is 3.17. The van der Waals surface area contributed by atoms with E-state index in [-0.39, 0.29) is 11.8 Å². The highest BCUT2D eigenvalue weighted by atomic mass is 35.5. The molecule has 28 heavy (non-hydrogen) atoms. The summed E-state index contributed by atoms with van der Waals surface area (Å²) in [7, 11) is 0. The summed E-state index contributed by atoms with van der Waals surface area (Å²) in [6, 6.07) is 14.2. The standard InChI is InChI=1S/C22H19ClN2O2S/c1-14-18(22(27)25-11-9-20-16(13-25)10-12-28-20)3-2-4-19(14)24-21(26)15-5-7-17(23)8-6-15/h2-8,10,12H,9,11,13H2,1H3,(H,24,26). The number of rotatable bonds is 3. The molecular weight excluding hydrogens is 392 g/mol. The molecule has 142 valence electrons. The molecule has 1 N–H and O–H groups in total. The van der Waals surface area contributed by atoms with Crippen LogP contribution in [0, 0.1) is 6.92 Å². The van der Waals surface area contributed by atoms with Crippen molar-refractivity contribution in [1.29, 1.82) is 0 Å². The van der Waals surface area contributed by atoms with Crippen molar-refractivity contribution in [2.45, 2.75) is 19.9 Å². The van der Waals surface area contributed by atoms with E-state index in [4.69, 9.17) is 11.6 Å². The van der Waals surface area contributed by atoms with Gasteiger partial charge in [0.05, 0.1) is 0 Å². The molecule has 0 atom stereocenters. The fraction of sp³-hybridized carbons (Fsp3) is 0.182. The number of amides is 2. The smallest absolute Gasteiger partial charge is 0.255 e. The zero-order valence-electron chi connectivity index (χ0n) is 15.4. The maximum atomic E-state index is 13.1. The molecule has 3 aromatic rings. The maximum absolute atomic E-state index is 13.1. The van der Waals surface area contributed by atoms with Crippen LogP contribution in [0.25, 0.3) is 0 Å². The van der Waals surface area contributed by atoms with Crippen LogP contribution in [0.3, 0.4) is 0 Å². The monoisotopic (exact) mass is 410 g/mol. The first-order valence-corrected chi connectivity index (χ1v) is 10.3. The number of carbonyl (C=O) groups is 2. The van der Waals surface area contributed by atoms with E-state index in [1.807, 2.05) is 24.0 Å². The average molecular weight is 411 g/mol. The van der Waals surface area contributed by atoms with E-state index >= 15 is 0 Å². The summed E-state index contributed by atoms with van der Waals surface area (Å²) in [5.41, 5.74) is 3.77. The molecule has 0 fully saturated rings. The highest BCUT2D eigenvalue weighted by molar-refractivity contribution is 7.10. The van der Waals surface area contributed by atoms with E-state index in [0.717, 1.165) is 12.0 Å². The minimum Gasteiger partial charge on any atom is -0.334 e. The zero-order valence-corrected chi connectivity index (χ0v) is 16.9. The van der Waals surface area contributed by atoms with E-state index in [2.05, 4.69) is 16.8 Å². The number of benzene rings is 2. The van der Waals surface area contributed by atoms with E-state index in [1.165, 1.54) is 10.4 Å². The summed E-state index contributed by atoms with van der Waals surface area (Å²) in [6.07, 6.45) is 0.894. The lowest BCUT2D eigenvalue weighted by atomic mass is 10.0. The van der Waals surface area contributed by atoms with E-state index in [9.17, 15) is 9.59 Å². The number of fused-ring (bicyclic) bond motifs is 1. The fourth-order valence-electron chi connectivity index (χ4n) is 3.39. The van der Waals surface area contributed by atoms with Gasteiger partial charge >= 0.3 is 0 Å². The SMILES string of the molecule is Cc1c(NC(=O)c2ccc(Cl)cc2)cccc1C(=O)N1CCc2sccc2C1. The fourth-order valence-corrected chi connectivity index (χ4v) is 4.41. The first-order chi connectivity index (χ1) is 13.5. The second-order valence-corrected chi connectivity index (χ2v) is 8.22. The van der Waals surface area contributed by atoms with Gasteiger partial charge in [0.1, 0.15) is 0 Å². The third-order valence-electron chi connectivity index (χ3n) is 5.01. The van der Waals surface area contributed by atoms with Gasteiger partial charge in [-0.05, 0) is 72.3 Å². The van der Waals surface area contributed by atoms with Crippen LogP contribution in [0.15, 0.2) is 53.9 Å². The molecule has 2 heterocycles. The topological polar surface area (TPSA) is 49.4 Å². The van der Waals surface area contributed by atoms with Gasteiger partial charge in [0.25, 0.3) is 11.8 Å². The Labute approximate surface area is 172 Å². The predicted octanol–water partition coefficient (Wildman–Crippen LogP) is 5.16. The highest BCUT2D eigenvalue weighted by Gasteiger charge is 2.24. The van der Waals surface area contributed by atoms with Crippen LogP contribution in [0.5, 0.6) is 0 Å². The Balaban J connectivity index is 1.54. The highest BCUT2D eigenvalue weighted by Crippen LogP contribution is 2.27. The van der Waals surface area contributed by atoms with Gasteiger partial charge in [-0.3, -0.25) is 9.59 Å². The van der Waals surface area contributed by atoms with Gasteiger partial charge in [0, 0.05) is 39.8 Å². The van der Waals surface area contributed by atoms with Gasteiger partial charge in [-0.15, -0.1) is 11.3 Å². The molecule has 2 amide bonds. The zero-order chi connectivity index (χ0) is 19.7. The molecule has 0 spiro atoms. The molecule has 0 saturated heterocycles. The van der Waals surface area contributed by atoms with E-state index in [0.29, 0.717) is 34.9 Å². The minimum absolute atomic E-state index is 0.00283. The summed E-state index contributed by atoms with van der Waals surface area (Å²) in [5, 5.41) is 5.56. The number of anilines is 1. The molecule has 0 unspecified atom stereocenters. The van der Waals surface area contributed by atoms with Crippen LogP contribution in [0.1, 0.15) is 36.7 Å². The lowest BCUT2D eigenvalue weighted by molar-refractivity contribution is 0.0735. The Bertz CT molecular complexity index is 1040. The number of halogens is 1. The molecular formula is C22H19ClN2O2S. The van der Waals surface area contributed by atoms with Crippen LogP contribution in [0.2, 0.25) is 5.02 Å². The summed E-state index contributed by atoms with van der Waals surface area (Å²) in [4.78, 5) is 28.9. The van der Waals surface area contributed by atoms with Gasteiger partial charge in [0.2, 0.25) is 0 Å². The normalized spacial score (nSPS) is 13.1. The molecule has 1 aromatic heterocycles. The van der Waals surface area contributed by atoms with Gasteiger partial charge in [0.15, 0.2) is 0 Å². The summed E-state index contributed by atoms with van der Waals surface area (Å²) in [5.74, 6) is -0.234. The minimum atomic E-state index is -0.231. The molecule has 4 nitrogen and oxygen atoms in total. The first-order valence-electron chi connectivity index (χ1n) is 9.04. The first kappa shape index (κ1) is 18.7. The van der Waals surface area contributed by atoms with Crippen molar-refractivity contribution < 1.29 is 9.59 Å². The van der Waals surface area contributed by atoms with Crippen molar-refractivity contribution in [2.24, 2.45) is 0 Å². The van der Waals surface area contributed by atoms with Crippen LogP contribution in [-0.4, -0.2) is 23.3 Å². The number of thiophene rings is 1. The molecule has 6 heteroatoms. The van der Waals surface area contributed by atoms with Crippen LogP contribution < -0.4 is 5.32 Å². The number of hydrogen-bond donors (Lipinski definition) is 1. The lowest BCUT2D eigenvalue weighted by Gasteiger charge is -2.28. The number of nitrogens with zero attached hydrogens (tertiary/aromatic N) is 1. The second kappa shape index (κ2) is 7.78. The Hall–Kier alpha value is -2.63. The molecule has 2 aromatic carbocycles. The summed E-state index contributed by atoms with van der Waals surface area (Å²) < 4.78 is 0. The van der Waals surface area contributed by atoms with Crippen LogP contribution >= 0.6 is 22.9 Å². The van der Waals surface area contributed by atoms with E-state index in [1.54, 1.807) is 41.7 Å². The van der Waals surface area contributed by atoms with Crippen molar-refractivity contribution in [2.75, 3.05) is 11.9 Å². The Morgan fingerprint density at radius 1 is 1.11 bits per heavy atom. The maximum Gasteiger partial charge on any atom is 0.255 e. The number of carbonyl (C=O) groups excluding carboxylic acids is 2. The molecule has 1 aliphatic heterocycles.